The SMILES string of the molecule is CC1=C2C(CC1c1ccoc1)OC1C3OC(=O)C4(C)C=CC(=O)C(C)(C34)C(C(C)C(=O)O)C21C. The van der Waals surface area contributed by atoms with Gasteiger partial charge < -0.3 is 19.0 Å². The quantitative estimate of drug-likeness (QED) is 0.532. The van der Waals surface area contributed by atoms with Gasteiger partial charge in [-0.05, 0) is 49.5 Å². The summed E-state index contributed by atoms with van der Waals surface area (Å²) in [6, 6.07) is 1.95. The van der Waals surface area contributed by atoms with Gasteiger partial charge in [-0.2, -0.15) is 0 Å². The molecule has 0 bridgehead atoms. The molecule has 5 aliphatic rings. The summed E-state index contributed by atoms with van der Waals surface area (Å²) >= 11 is 0. The smallest absolute Gasteiger partial charge is 0.316 e. The van der Waals surface area contributed by atoms with Crippen molar-refractivity contribution >= 4 is 17.7 Å². The van der Waals surface area contributed by atoms with Gasteiger partial charge in [0.05, 0.1) is 30.0 Å². The first-order valence-electron chi connectivity index (χ1n) is 12.0. The zero-order chi connectivity index (χ0) is 24.4. The molecule has 0 amide bonds. The van der Waals surface area contributed by atoms with Gasteiger partial charge in [0.15, 0.2) is 5.78 Å². The number of aliphatic carboxylic acids is 1. The molecule has 6 rings (SSSR count). The van der Waals surface area contributed by atoms with E-state index < -0.39 is 52.2 Å². The Hall–Kier alpha value is -2.67. The predicted molar refractivity (Wildman–Crippen MR) is 120 cm³/mol. The number of carbonyl (C=O) groups excluding carboxylic acids is 2. The maximum absolute atomic E-state index is 13.7. The largest absolute Gasteiger partial charge is 0.481 e. The maximum Gasteiger partial charge on any atom is 0.316 e. The number of ether oxygens (including phenoxy) is 2. The number of hydrogen-bond donors (Lipinski definition) is 1. The van der Waals surface area contributed by atoms with Crippen molar-refractivity contribution in [3.8, 4) is 0 Å². The van der Waals surface area contributed by atoms with Crippen LogP contribution in [0.2, 0.25) is 0 Å². The average molecular weight is 467 g/mol. The molecule has 1 aromatic heterocycles. The van der Waals surface area contributed by atoms with Gasteiger partial charge in [0.25, 0.3) is 0 Å². The van der Waals surface area contributed by atoms with Gasteiger partial charge in [0.2, 0.25) is 0 Å². The Kier molecular flexibility index (Phi) is 4.18. The van der Waals surface area contributed by atoms with Crippen molar-refractivity contribution in [2.45, 2.75) is 65.3 Å². The highest BCUT2D eigenvalue weighted by atomic mass is 16.6. The summed E-state index contributed by atoms with van der Waals surface area (Å²) in [5.74, 6) is -3.25. The summed E-state index contributed by atoms with van der Waals surface area (Å²) in [7, 11) is 0. The molecule has 3 heterocycles. The summed E-state index contributed by atoms with van der Waals surface area (Å²) in [6.45, 7) is 9.46. The van der Waals surface area contributed by atoms with Crippen LogP contribution >= 0.6 is 0 Å². The van der Waals surface area contributed by atoms with E-state index >= 15 is 0 Å². The number of carboxylic acids is 1. The number of ketones is 1. The Morgan fingerprint density at radius 3 is 2.59 bits per heavy atom. The van der Waals surface area contributed by atoms with Crippen molar-refractivity contribution in [1.82, 2.24) is 0 Å². The highest BCUT2D eigenvalue weighted by molar-refractivity contribution is 6.00. The molecule has 10 atom stereocenters. The second-order valence-electron chi connectivity index (χ2n) is 11.5. The first-order valence-corrected chi connectivity index (χ1v) is 12.0. The van der Waals surface area contributed by atoms with Crippen LogP contribution in [0.4, 0.5) is 0 Å². The van der Waals surface area contributed by atoms with Crippen LogP contribution in [0.25, 0.3) is 0 Å². The van der Waals surface area contributed by atoms with Crippen LogP contribution in [0.5, 0.6) is 0 Å². The topological polar surface area (TPSA) is 103 Å². The lowest BCUT2D eigenvalue weighted by Gasteiger charge is -2.60. The van der Waals surface area contributed by atoms with E-state index in [0.29, 0.717) is 6.42 Å². The van der Waals surface area contributed by atoms with E-state index in [4.69, 9.17) is 13.9 Å². The Labute approximate surface area is 198 Å². The lowest BCUT2D eigenvalue weighted by molar-refractivity contribution is -0.197. The number of allylic oxidation sites excluding steroid dienone is 2. The number of rotatable bonds is 3. The fourth-order valence-corrected chi connectivity index (χ4v) is 8.83. The Bertz CT molecular complexity index is 1180. The highest BCUT2D eigenvalue weighted by Gasteiger charge is 2.78. The van der Waals surface area contributed by atoms with E-state index in [1.54, 1.807) is 25.5 Å². The summed E-state index contributed by atoms with van der Waals surface area (Å²) in [4.78, 5) is 39.4. The molecule has 10 unspecified atom stereocenters. The number of fused-ring (bicyclic) bond motifs is 4. The van der Waals surface area contributed by atoms with E-state index in [-0.39, 0.29) is 23.8 Å². The molecule has 3 fully saturated rings. The van der Waals surface area contributed by atoms with Gasteiger partial charge in [0.1, 0.15) is 12.2 Å². The average Bonchev–Trinajstić information content (AvgIpc) is 3.51. The van der Waals surface area contributed by atoms with Gasteiger partial charge in [-0.25, -0.2) is 0 Å². The minimum absolute atomic E-state index is 0.0983. The van der Waals surface area contributed by atoms with Crippen molar-refractivity contribution in [3.63, 3.8) is 0 Å². The molecule has 0 aromatic carbocycles. The third kappa shape index (κ3) is 2.25. The zero-order valence-corrected chi connectivity index (χ0v) is 20.0. The molecule has 0 radical (unpaired) electrons. The molecule has 1 N–H and O–H groups in total. The maximum atomic E-state index is 13.7. The third-order valence-electron chi connectivity index (χ3n) is 10.0. The molecule has 2 saturated heterocycles. The van der Waals surface area contributed by atoms with Crippen LogP contribution in [-0.2, 0) is 23.9 Å². The van der Waals surface area contributed by atoms with Gasteiger partial charge >= 0.3 is 11.9 Å². The number of furan rings is 1. The summed E-state index contributed by atoms with van der Waals surface area (Å²) in [5.41, 5.74) is 0.382. The molecule has 2 aliphatic heterocycles. The van der Waals surface area contributed by atoms with Crippen LogP contribution < -0.4 is 0 Å². The number of hydrogen-bond acceptors (Lipinski definition) is 6. The summed E-state index contributed by atoms with van der Waals surface area (Å²) in [5, 5.41) is 10.2. The van der Waals surface area contributed by atoms with Crippen molar-refractivity contribution in [2.24, 2.45) is 34.0 Å². The molecular weight excluding hydrogens is 436 g/mol. The molecule has 1 aromatic rings. The Morgan fingerprint density at radius 1 is 1.21 bits per heavy atom. The number of esters is 1. The minimum Gasteiger partial charge on any atom is -0.481 e. The standard InChI is InChI=1S/C27H30O7/c1-12-15(14-7-9-32-11-14)10-16-18(12)27(5)20(13(2)23(29)30)26(4)17(28)6-8-25(3)21(26)19(22(27)33-16)34-24(25)31/h6-9,11,13,15-16,19-22H,10H2,1-5H3,(H,29,30). The van der Waals surface area contributed by atoms with Crippen LogP contribution in [-0.4, -0.2) is 41.1 Å². The molecular formula is C27H30O7. The van der Waals surface area contributed by atoms with Crippen molar-refractivity contribution < 1.29 is 33.4 Å². The highest BCUT2D eigenvalue weighted by Crippen LogP contribution is 2.72. The lowest BCUT2D eigenvalue weighted by Crippen LogP contribution is -2.67. The Balaban J connectivity index is 1.61. The molecule has 7 nitrogen and oxygen atoms in total. The van der Waals surface area contributed by atoms with Crippen LogP contribution in [0.1, 0.15) is 52.5 Å². The molecule has 7 heteroatoms. The molecule has 1 saturated carbocycles. The predicted octanol–water partition coefficient (Wildman–Crippen LogP) is 3.90. The van der Waals surface area contributed by atoms with Crippen LogP contribution in [0.3, 0.4) is 0 Å². The second-order valence-corrected chi connectivity index (χ2v) is 11.5. The van der Waals surface area contributed by atoms with Gasteiger partial charge in [-0.15, -0.1) is 0 Å². The van der Waals surface area contributed by atoms with Gasteiger partial charge in [0, 0.05) is 22.7 Å². The molecule has 34 heavy (non-hydrogen) atoms. The van der Waals surface area contributed by atoms with E-state index in [1.807, 2.05) is 26.8 Å². The van der Waals surface area contributed by atoms with E-state index in [1.165, 1.54) is 6.08 Å². The molecule has 3 aliphatic carbocycles. The fraction of sp³-hybridized carbons (Fsp3) is 0.593. The Morgan fingerprint density at radius 2 is 1.94 bits per heavy atom. The summed E-state index contributed by atoms with van der Waals surface area (Å²) in [6.07, 6.45) is 5.89. The molecule has 180 valence electrons. The second kappa shape index (κ2) is 6.51. The monoisotopic (exact) mass is 466 g/mol. The normalized spacial score (nSPS) is 47.3. The van der Waals surface area contributed by atoms with E-state index in [9.17, 15) is 19.5 Å². The lowest BCUT2D eigenvalue weighted by atomic mass is 9.40. The molecule has 0 spiro atoms. The van der Waals surface area contributed by atoms with Crippen LogP contribution in [0.15, 0.2) is 46.3 Å². The number of carboxylic acid groups (broad SMARTS) is 1. The van der Waals surface area contributed by atoms with E-state index in [0.717, 1.165) is 16.7 Å². The van der Waals surface area contributed by atoms with Crippen LogP contribution in [0, 0.1) is 34.0 Å². The fourth-order valence-electron chi connectivity index (χ4n) is 8.83. The van der Waals surface area contributed by atoms with Crippen molar-refractivity contribution in [3.05, 3.63) is 47.5 Å². The summed E-state index contributed by atoms with van der Waals surface area (Å²) < 4.78 is 18.1. The first kappa shape index (κ1) is 21.8. The van der Waals surface area contributed by atoms with Gasteiger partial charge in [-0.1, -0.05) is 32.4 Å². The van der Waals surface area contributed by atoms with E-state index in [2.05, 4.69) is 6.92 Å². The van der Waals surface area contributed by atoms with Crippen molar-refractivity contribution in [1.29, 1.82) is 0 Å². The third-order valence-corrected chi connectivity index (χ3v) is 10.0. The van der Waals surface area contributed by atoms with Crippen molar-refractivity contribution in [2.75, 3.05) is 0 Å². The number of carbonyl (C=O) groups is 3. The zero-order valence-electron chi connectivity index (χ0n) is 20.0. The van der Waals surface area contributed by atoms with Gasteiger partial charge in [-0.3, -0.25) is 14.4 Å². The minimum atomic E-state index is -1.09. The first-order chi connectivity index (χ1) is 16.0.